The zero-order chi connectivity index (χ0) is 12.8. The summed E-state index contributed by atoms with van der Waals surface area (Å²) in [4.78, 5) is 11.7. The van der Waals surface area contributed by atoms with Crippen LogP contribution < -0.4 is 10.6 Å². The van der Waals surface area contributed by atoms with E-state index >= 15 is 0 Å². The van der Waals surface area contributed by atoms with Crippen molar-refractivity contribution in [1.29, 1.82) is 0 Å². The topological polar surface area (TPSA) is 50.4 Å². The normalized spacial score (nSPS) is 19.5. The van der Waals surface area contributed by atoms with Crippen LogP contribution in [-0.4, -0.2) is 38.3 Å². The lowest BCUT2D eigenvalue weighted by molar-refractivity contribution is -0.120. The predicted octanol–water partition coefficient (Wildman–Crippen LogP) is 0.473. The van der Waals surface area contributed by atoms with Gasteiger partial charge in [0.25, 0.3) is 0 Å². The van der Waals surface area contributed by atoms with Gasteiger partial charge in [-0.1, -0.05) is 12.1 Å². The van der Waals surface area contributed by atoms with Crippen LogP contribution in [0, 0.1) is 5.82 Å². The highest BCUT2D eigenvalue weighted by Crippen LogP contribution is 2.04. The molecule has 1 aliphatic rings. The fourth-order valence-corrected chi connectivity index (χ4v) is 1.88. The Kier molecular flexibility index (Phi) is 4.66. The Morgan fingerprint density at radius 2 is 2.44 bits per heavy atom. The molecule has 0 aromatic heterocycles. The molecule has 1 fully saturated rings. The first-order valence-corrected chi connectivity index (χ1v) is 6.06. The minimum atomic E-state index is -0.317. The highest BCUT2D eigenvalue weighted by Gasteiger charge is 2.13. The SMILES string of the molecule is O=C(Cc1cccc(F)c1)NCC1COCCN1. The molecular weight excluding hydrogens is 235 g/mol. The van der Waals surface area contributed by atoms with E-state index in [4.69, 9.17) is 4.74 Å². The van der Waals surface area contributed by atoms with Crippen LogP contribution in [0.5, 0.6) is 0 Å². The summed E-state index contributed by atoms with van der Waals surface area (Å²) in [6.45, 7) is 2.67. The molecule has 0 aliphatic carbocycles. The van der Waals surface area contributed by atoms with Crippen LogP contribution >= 0.6 is 0 Å². The zero-order valence-electron chi connectivity index (χ0n) is 10.1. The smallest absolute Gasteiger partial charge is 0.224 e. The van der Waals surface area contributed by atoms with E-state index in [-0.39, 0.29) is 24.2 Å². The molecule has 0 radical (unpaired) electrons. The van der Waals surface area contributed by atoms with Gasteiger partial charge < -0.3 is 15.4 Å². The summed E-state index contributed by atoms with van der Waals surface area (Å²) < 4.78 is 18.2. The number of rotatable bonds is 4. The molecule has 1 unspecified atom stereocenters. The molecule has 1 atom stereocenters. The van der Waals surface area contributed by atoms with Crippen molar-refractivity contribution in [2.24, 2.45) is 0 Å². The summed E-state index contributed by atoms with van der Waals surface area (Å²) in [5, 5.41) is 6.06. The Morgan fingerprint density at radius 1 is 1.56 bits per heavy atom. The third kappa shape index (κ3) is 4.09. The van der Waals surface area contributed by atoms with Crippen LogP contribution in [0.3, 0.4) is 0 Å². The average Bonchev–Trinajstić information content (AvgIpc) is 2.38. The van der Waals surface area contributed by atoms with E-state index < -0.39 is 0 Å². The van der Waals surface area contributed by atoms with Crippen LogP contribution in [-0.2, 0) is 16.0 Å². The van der Waals surface area contributed by atoms with Gasteiger partial charge in [0, 0.05) is 19.1 Å². The van der Waals surface area contributed by atoms with Crippen molar-refractivity contribution < 1.29 is 13.9 Å². The summed E-state index contributed by atoms with van der Waals surface area (Å²) >= 11 is 0. The lowest BCUT2D eigenvalue weighted by Gasteiger charge is -2.23. The molecule has 2 N–H and O–H groups in total. The van der Waals surface area contributed by atoms with Gasteiger partial charge in [0.05, 0.1) is 19.6 Å². The number of hydrogen-bond acceptors (Lipinski definition) is 3. The van der Waals surface area contributed by atoms with Gasteiger partial charge in [0.1, 0.15) is 5.82 Å². The Morgan fingerprint density at radius 3 is 3.17 bits per heavy atom. The first-order chi connectivity index (χ1) is 8.74. The lowest BCUT2D eigenvalue weighted by atomic mass is 10.1. The first-order valence-electron chi connectivity index (χ1n) is 6.06. The van der Waals surface area contributed by atoms with Crippen LogP contribution in [0.15, 0.2) is 24.3 Å². The third-order valence-corrected chi connectivity index (χ3v) is 2.80. The molecule has 5 heteroatoms. The Balaban J connectivity index is 1.74. The molecule has 1 aromatic rings. The fraction of sp³-hybridized carbons (Fsp3) is 0.462. The van der Waals surface area contributed by atoms with E-state index in [1.165, 1.54) is 12.1 Å². The van der Waals surface area contributed by atoms with Crippen molar-refractivity contribution in [3.05, 3.63) is 35.6 Å². The molecule has 0 bridgehead atoms. The molecule has 98 valence electrons. The second-order valence-corrected chi connectivity index (χ2v) is 4.34. The largest absolute Gasteiger partial charge is 0.378 e. The van der Waals surface area contributed by atoms with Gasteiger partial charge in [0.2, 0.25) is 5.91 Å². The van der Waals surface area contributed by atoms with Gasteiger partial charge in [-0.2, -0.15) is 0 Å². The molecule has 0 saturated carbocycles. The fourth-order valence-electron chi connectivity index (χ4n) is 1.88. The monoisotopic (exact) mass is 252 g/mol. The summed E-state index contributed by atoms with van der Waals surface area (Å²) in [7, 11) is 0. The zero-order valence-corrected chi connectivity index (χ0v) is 10.1. The minimum absolute atomic E-state index is 0.104. The number of amides is 1. The van der Waals surface area contributed by atoms with Crippen molar-refractivity contribution in [1.82, 2.24) is 10.6 Å². The molecule has 1 amide bonds. The summed E-state index contributed by atoms with van der Waals surface area (Å²) in [5.41, 5.74) is 0.681. The first kappa shape index (κ1) is 13.0. The van der Waals surface area contributed by atoms with Crippen molar-refractivity contribution in [2.75, 3.05) is 26.3 Å². The number of carbonyl (C=O) groups excluding carboxylic acids is 1. The van der Waals surface area contributed by atoms with Gasteiger partial charge in [-0.25, -0.2) is 4.39 Å². The maximum absolute atomic E-state index is 12.9. The quantitative estimate of drug-likeness (QED) is 0.819. The van der Waals surface area contributed by atoms with E-state index in [1.807, 2.05) is 0 Å². The van der Waals surface area contributed by atoms with Gasteiger partial charge in [0.15, 0.2) is 0 Å². The second kappa shape index (κ2) is 6.47. The molecule has 1 heterocycles. The third-order valence-electron chi connectivity index (χ3n) is 2.80. The van der Waals surface area contributed by atoms with E-state index in [1.54, 1.807) is 12.1 Å². The summed E-state index contributed by atoms with van der Waals surface area (Å²) in [5.74, 6) is -0.421. The van der Waals surface area contributed by atoms with E-state index in [9.17, 15) is 9.18 Å². The predicted molar refractivity (Wildman–Crippen MR) is 65.7 cm³/mol. The number of benzene rings is 1. The standard InChI is InChI=1S/C13H17FN2O2/c14-11-3-1-2-10(6-11)7-13(17)16-8-12-9-18-5-4-15-12/h1-3,6,12,15H,4-5,7-9H2,(H,16,17). The van der Waals surface area contributed by atoms with Crippen LogP contribution in [0.1, 0.15) is 5.56 Å². The minimum Gasteiger partial charge on any atom is -0.378 e. The Hall–Kier alpha value is -1.46. The number of halogens is 1. The molecule has 1 saturated heterocycles. The highest BCUT2D eigenvalue weighted by molar-refractivity contribution is 5.78. The summed E-state index contributed by atoms with van der Waals surface area (Å²) in [6.07, 6.45) is 0.200. The molecular formula is C13H17FN2O2. The number of hydrogen-bond donors (Lipinski definition) is 2. The van der Waals surface area contributed by atoms with Gasteiger partial charge in [-0.15, -0.1) is 0 Å². The number of carbonyl (C=O) groups is 1. The summed E-state index contributed by atoms with van der Waals surface area (Å²) in [6, 6.07) is 6.25. The number of morpholine rings is 1. The second-order valence-electron chi connectivity index (χ2n) is 4.34. The molecule has 18 heavy (non-hydrogen) atoms. The van der Waals surface area contributed by atoms with Crippen LogP contribution in [0.25, 0.3) is 0 Å². The molecule has 1 aromatic carbocycles. The Labute approximate surface area is 106 Å². The van der Waals surface area contributed by atoms with Gasteiger partial charge in [-0.3, -0.25) is 4.79 Å². The average molecular weight is 252 g/mol. The number of nitrogens with one attached hydrogen (secondary N) is 2. The van der Waals surface area contributed by atoms with Crippen molar-refractivity contribution in [3.63, 3.8) is 0 Å². The molecule has 4 nitrogen and oxygen atoms in total. The Bertz CT molecular complexity index is 406. The van der Waals surface area contributed by atoms with Crippen molar-refractivity contribution in [3.8, 4) is 0 Å². The van der Waals surface area contributed by atoms with Gasteiger partial charge >= 0.3 is 0 Å². The molecule has 0 spiro atoms. The van der Waals surface area contributed by atoms with Crippen molar-refractivity contribution >= 4 is 5.91 Å². The van der Waals surface area contributed by atoms with E-state index in [2.05, 4.69) is 10.6 Å². The van der Waals surface area contributed by atoms with E-state index in [0.717, 1.165) is 6.54 Å². The van der Waals surface area contributed by atoms with E-state index in [0.29, 0.717) is 25.3 Å². The molecule has 1 aliphatic heterocycles. The van der Waals surface area contributed by atoms with Crippen LogP contribution in [0.4, 0.5) is 4.39 Å². The van der Waals surface area contributed by atoms with Crippen LogP contribution in [0.2, 0.25) is 0 Å². The maximum Gasteiger partial charge on any atom is 0.224 e. The molecule has 2 rings (SSSR count). The maximum atomic E-state index is 12.9. The lowest BCUT2D eigenvalue weighted by Crippen LogP contribution is -2.48. The number of ether oxygens (including phenoxy) is 1. The highest BCUT2D eigenvalue weighted by atomic mass is 19.1. The van der Waals surface area contributed by atoms with Crippen molar-refractivity contribution in [2.45, 2.75) is 12.5 Å². The van der Waals surface area contributed by atoms with Gasteiger partial charge in [-0.05, 0) is 17.7 Å².